The molecule has 1 aliphatic carbocycles. The Morgan fingerprint density at radius 1 is 0.833 bits per heavy atom. The molecule has 1 rings (SSSR count). The standard InChI is InChI=1S/C14H24O4/c1-10(2)17-12(15)14(8-6-5-7-9-14)13(16)18-11(3)4/h10-11H,5-9H2,1-4H3. The quantitative estimate of drug-likeness (QED) is 0.573. The summed E-state index contributed by atoms with van der Waals surface area (Å²) < 4.78 is 10.5. The average Bonchev–Trinajstić information content (AvgIpc) is 2.28. The second-order valence-electron chi connectivity index (χ2n) is 5.55. The van der Waals surface area contributed by atoms with Gasteiger partial charge in [-0.2, -0.15) is 0 Å². The molecule has 0 atom stereocenters. The highest BCUT2D eigenvalue weighted by Gasteiger charge is 2.49. The molecule has 0 N–H and O–H groups in total. The maximum Gasteiger partial charge on any atom is 0.323 e. The number of hydrogen-bond acceptors (Lipinski definition) is 4. The zero-order valence-electron chi connectivity index (χ0n) is 11.8. The van der Waals surface area contributed by atoms with Gasteiger partial charge in [-0.25, -0.2) is 0 Å². The Balaban J connectivity index is 2.87. The van der Waals surface area contributed by atoms with E-state index in [-0.39, 0.29) is 12.2 Å². The second-order valence-corrected chi connectivity index (χ2v) is 5.55. The molecule has 0 spiro atoms. The van der Waals surface area contributed by atoms with Crippen LogP contribution in [0.3, 0.4) is 0 Å². The van der Waals surface area contributed by atoms with Crippen molar-refractivity contribution in [3.05, 3.63) is 0 Å². The number of carbonyl (C=O) groups excluding carboxylic acids is 2. The fourth-order valence-corrected chi connectivity index (χ4v) is 2.30. The number of rotatable bonds is 4. The predicted octanol–water partition coefficient (Wildman–Crippen LogP) is 2.84. The molecule has 0 radical (unpaired) electrons. The Morgan fingerprint density at radius 3 is 1.56 bits per heavy atom. The van der Waals surface area contributed by atoms with E-state index in [1.807, 2.05) is 0 Å². The molecule has 0 aromatic rings. The summed E-state index contributed by atoms with van der Waals surface area (Å²) in [7, 11) is 0. The van der Waals surface area contributed by atoms with E-state index < -0.39 is 17.4 Å². The van der Waals surface area contributed by atoms with E-state index in [9.17, 15) is 9.59 Å². The van der Waals surface area contributed by atoms with Gasteiger partial charge in [0.25, 0.3) is 0 Å². The number of carbonyl (C=O) groups is 2. The molecular formula is C14H24O4. The van der Waals surface area contributed by atoms with Gasteiger partial charge in [0.1, 0.15) is 0 Å². The van der Waals surface area contributed by atoms with Gasteiger partial charge in [0.15, 0.2) is 5.41 Å². The van der Waals surface area contributed by atoms with Gasteiger partial charge in [-0.1, -0.05) is 19.3 Å². The topological polar surface area (TPSA) is 52.6 Å². The highest BCUT2D eigenvalue weighted by atomic mass is 16.6. The summed E-state index contributed by atoms with van der Waals surface area (Å²) in [5, 5.41) is 0. The van der Waals surface area contributed by atoms with Crippen LogP contribution in [0.15, 0.2) is 0 Å². The highest BCUT2D eigenvalue weighted by molar-refractivity contribution is 6.00. The summed E-state index contributed by atoms with van der Waals surface area (Å²) in [5.41, 5.74) is -1.06. The van der Waals surface area contributed by atoms with Gasteiger partial charge < -0.3 is 9.47 Å². The van der Waals surface area contributed by atoms with E-state index in [1.54, 1.807) is 27.7 Å². The smallest absolute Gasteiger partial charge is 0.323 e. The van der Waals surface area contributed by atoms with Crippen molar-refractivity contribution in [1.82, 2.24) is 0 Å². The van der Waals surface area contributed by atoms with Crippen molar-refractivity contribution < 1.29 is 19.1 Å². The fraction of sp³-hybridized carbons (Fsp3) is 0.857. The fourth-order valence-electron chi connectivity index (χ4n) is 2.30. The Labute approximate surface area is 109 Å². The Hall–Kier alpha value is -1.06. The number of esters is 2. The van der Waals surface area contributed by atoms with E-state index in [1.165, 1.54) is 0 Å². The van der Waals surface area contributed by atoms with Crippen LogP contribution in [0, 0.1) is 5.41 Å². The second kappa shape index (κ2) is 6.21. The van der Waals surface area contributed by atoms with Crippen LogP contribution < -0.4 is 0 Å². The van der Waals surface area contributed by atoms with E-state index in [0.717, 1.165) is 19.3 Å². The lowest BCUT2D eigenvalue weighted by atomic mass is 9.74. The molecule has 1 saturated carbocycles. The molecule has 4 heteroatoms. The van der Waals surface area contributed by atoms with Gasteiger partial charge in [0, 0.05) is 0 Å². The van der Waals surface area contributed by atoms with Gasteiger partial charge >= 0.3 is 11.9 Å². The third-order valence-electron chi connectivity index (χ3n) is 3.17. The van der Waals surface area contributed by atoms with E-state index in [4.69, 9.17) is 9.47 Å². The largest absolute Gasteiger partial charge is 0.462 e. The van der Waals surface area contributed by atoms with Gasteiger partial charge in [0.2, 0.25) is 0 Å². The lowest BCUT2D eigenvalue weighted by Crippen LogP contribution is -2.45. The van der Waals surface area contributed by atoms with Crippen LogP contribution in [0.1, 0.15) is 59.8 Å². The minimum atomic E-state index is -1.06. The third-order valence-corrected chi connectivity index (χ3v) is 3.17. The first-order valence-electron chi connectivity index (χ1n) is 6.80. The molecule has 18 heavy (non-hydrogen) atoms. The summed E-state index contributed by atoms with van der Waals surface area (Å²) in [6, 6.07) is 0. The van der Waals surface area contributed by atoms with E-state index >= 15 is 0 Å². The zero-order chi connectivity index (χ0) is 13.8. The first-order chi connectivity index (χ1) is 8.38. The number of hydrogen-bond donors (Lipinski definition) is 0. The van der Waals surface area contributed by atoms with Crippen molar-refractivity contribution in [2.45, 2.75) is 72.0 Å². The Bertz CT molecular complexity index is 277. The molecule has 1 fully saturated rings. The minimum absolute atomic E-state index is 0.205. The number of ether oxygens (including phenoxy) is 2. The van der Waals surface area contributed by atoms with Gasteiger partial charge in [-0.05, 0) is 40.5 Å². The lowest BCUT2D eigenvalue weighted by Gasteiger charge is -2.33. The molecule has 0 aromatic heterocycles. The van der Waals surface area contributed by atoms with Crippen LogP contribution in [0.2, 0.25) is 0 Å². The lowest BCUT2D eigenvalue weighted by molar-refractivity contribution is -0.179. The molecule has 0 bridgehead atoms. The molecule has 0 aliphatic heterocycles. The summed E-state index contributed by atoms with van der Waals surface area (Å²) in [6.07, 6.45) is 3.49. The normalized spacial score (nSPS) is 18.8. The van der Waals surface area contributed by atoms with Gasteiger partial charge in [-0.3, -0.25) is 9.59 Å². The SMILES string of the molecule is CC(C)OC(=O)C1(C(=O)OC(C)C)CCCCC1. The highest BCUT2D eigenvalue weighted by Crippen LogP contribution is 2.39. The summed E-state index contributed by atoms with van der Waals surface area (Å²) in [5.74, 6) is -0.828. The first kappa shape index (κ1) is 15.0. The molecule has 0 aromatic carbocycles. The summed E-state index contributed by atoms with van der Waals surface area (Å²) in [4.78, 5) is 24.5. The van der Waals surface area contributed by atoms with Crippen LogP contribution in [0.4, 0.5) is 0 Å². The monoisotopic (exact) mass is 256 g/mol. The van der Waals surface area contributed by atoms with Crippen LogP contribution in [0.25, 0.3) is 0 Å². The van der Waals surface area contributed by atoms with Crippen molar-refractivity contribution in [3.63, 3.8) is 0 Å². The molecule has 0 unspecified atom stereocenters. The van der Waals surface area contributed by atoms with E-state index in [0.29, 0.717) is 12.8 Å². The van der Waals surface area contributed by atoms with E-state index in [2.05, 4.69) is 0 Å². The van der Waals surface area contributed by atoms with Crippen molar-refractivity contribution >= 4 is 11.9 Å². The van der Waals surface area contributed by atoms with Crippen LogP contribution in [0.5, 0.6) is 0 Å². The zero-order valence-corrected chi connectivity index (χ0v) is 11.8. The third kappa shape index (κ3) is 3.47. The maximum absolute atomic E-state index is 12.2. The van der Waals surface area contributed by atoms with Crippen molar-refractivity contribution in [2.24, 2.45) is 5.41 Å². The Morgan fingerprint density at radius 2 is 1.22 bits per heavy atom. The molecule has 0 saturated heterocycles. The summed E-state index contributed by atoms with van der Waals surface area (Å²) in [6.45, 7) is 7.18. The molecule has 4 nitrogen and oxygen atoms in total. The van der Waals surface area contributed by atoms with Crippen molar-refractivity contribution in [2.75, 3.05) is 0 Å². The summed E-state index contributed by atoms with van der Waals surface area (Å²) >= 11 is 0. The maximum atomic E-state index is 12.2. The van der Waals surface area contributed by atoms with Gasteiger partial charge in [0.05, 0.1) is 12.2 Å². The molecule has 0 amide bonds. The van der Waals surface area contributed by atoms with Crippen molar-refractivity contribution in [3.8, 4) is 0 Å². The minimum Gasteiger partial charge on any atom is -0.462 e. The first-order valence-corrected chi connectivity index (χ1v) is 6.80. The van der Waals surface area contributed by atoms with Crippen LogP contribution in [-0.4, -0.2) is 24.1 Å². The Kier molecular flexibility index (Phi) is 5.17. The molecule has 0 heterocycles. The van der Waals surface area contributed by atoms with Crippen LogP contribution >= 0.6 is 0 Å². The molecular weight excluding hydrogens is 232 g/mol. The predicted molar refractivity (Wildman–Crippen MR) is 68.0 cm³/mol. The average molecular weight is 256 g/mol. The van der Waals surface area contributed by atoms with Crippen molar-refractivity contribution in [1.29, 1.82) is 0 Å². The molecule has 104 valence electrons. The van der Waals surface area contributed by atoms with Gasteiger partial charge in [-0.15, -0.1) is 0 Å². The molecule has 1 aliphatic rings. The van der Waals surface area contributed by atoms with Crippen LogP contribution in [-0.2, 0) is 19.1 Å².